The monoisotopic (exact) mass is 578 g/mol. The molecule has 9 heteroatoms. The summed E-state index contributed by atoms with van der Waals surface area (Å²) in [6, 6.07) is 25.3. The van der Waals surface area contributed by atoms with Crippen LogP contribution in [0.1, 0.15) is 27.8 Å². The number of nitrogens with zero attached hydrogens (tertiary/aromatic N) is 4. The number of hydrogen-bond donors (Lipinski definition) is 0. The molecule has 1 aliphatic heterocycles. The minimum Gasteiger partial charge on any atom is -0.494 e. The van der Waals surface area contributed by atoms with E-state index in [0.29, 0.717) is 61.2 Å². The Morgan fingerprint density at radius 1 is 0.884 bits per heavy atom. The van der Waals surface area contributed by atoms with Crippen LogP contribution in [0.2, 0.25) is 0 Å². The highest BCUT2D eigenvalue weighted by Gasteiger charge is 2.26. The molecule has 0 unspecified atom stereocenters. The van der Waals surface area contributed by atoms with Crippen LogP contribution < -0.4 is 9.64 Å². The number of aromatic nitrogens is 2. The van der Waals surface area contributed by atoms with E-state index in [-0.39, 0.29) is 17.7 Å². The van der Waals surface area contributed by atoms with Crippen LogP contribution in [0, 0.1) is 5.82 Å². The van der Waals surface area contributed by atoms with Crippen molar-refractivity contribution in [3.8, 4) is 22.8 Å². The van der Waals surface area contributed by atoms with E-state index in [4.69, 9.17) is 14.5 Å². The minimum absolute atomic E-state index is 0.184. The number of benzene rings is 4. The third kappa shape index (κ3) is 5.66. The third-order valence-electron chi connectivity index (χ3n) is 7.62. The molecule has 0 bridgehead atoms. The second-order valence-electron chi connectivity index (χ2n) is 10.2. The zero-order chi connectivity index (χ0) is 29.9. The van der Waals surface area contributed by atoms with E-state index in [1.54, 1.807) is 23.2 Å². The smallest absolute Gasteiger partial charge is 0.338 e. The van der Waals surface area contributed by atoms with Crippen molar-refractivity contribution in [3.05, 3.63) is 108 Å². The van der Waals surface area contributed by atoms with E-state index < -0.39 is 0 Å². The number of anilines is 1. The van der Waals surface area contributed by atoms with Crippen LogP contribution in [0.3, 0.4) is 0 Å². The normalized spacial score (nSPS) is 13.3. The first kappa shape index (κ1) is 28.0. The third-order valence-corrected chi connectivity index (χ3v) is 7.62. The van der Waals surface area contributed by atoms with Crippen molar-refractivity contribution in [1.29, 1.82) is 0 Å². The van der Waals surface area contributed by atoms with Gasteiger partial charge in [-0.3, -0.25) is 9.36 Å². The Labute approximate surface area is 248 Å². The number of ether oxygens (including phenoxy) is 2. The largest absolute Gasteiger partial charge is 0.494 e. The van der Waals surface area contributed by atoms with E-state index >= 15 is 0 Å². The van der Waals surface area contributed by atoms with Crippen molar-refractivity contribution >= 4 is 28.3 Å². The fourth-order valence-corrected chi connectivity index (χ4v) is 5.46. The van der Waals surface area contributed by atoms with Crippen LogP contribution in [0.15, 0.2) is 91.1 Å². The van der Waals surface area contributed by atoms with Gasteiger partial charge in [-0.1, -0.05) is 30.3 Å². The van der Waals surface area contributed by atoms with Crippen LogP contribution >= 0.6 is 0 Å². The Kier molecular flexibility index (Phi) is 7.79. The summed E-state index contributed by atoms with van der Waals surface area (Å²) >= 11 is 0. The van der Waals surface area contributed by atoms with Gasteiger partial charge in [-0.15, -0.1) is 0 Å². The first-order valence-electron chi connectivity index (χ1n) is 14.2. The van der Waals surface area contributed by atoms with E-state index in [2.05, 4.69) is 11.0 Å². The summed E-state index contributed by atoms with van der Waals surface area (Å²) in [5.41, 5.74) is 3.18. The van der Waals surface area contributed by atoms with Gasteiger partial charge in [0.25, 0.3) is 5.91 Å². The first-order chi connectivity index (χ1) is 20.9. The SMILES string of the molecule is CCOc1cccc(-n2cc(C(=O)N3CCN(c4cc(C(=O)OC)c5ccccc5c4)CC3)nc2-c2ccc(F)cc2)c1. The molecule has 6 rings (SSSR count). The fourth-order valence-electron chi connectivity index (χ4n) is 5.46. The molecule has 0 radical (unpaired) electrons. The molecule has 0 aliphatic carbocycles. The molecule has 5 aromatic rings. The maximum Gasteiger partial charge on any atom is 0.338 e. The van der Waals surface area contributed by atoms with Gasteiger partial charge < -0.3 is 19.3 Å². The molecule has 0 spiro atoms. The predicted molar refractivity (Wildman–Crippen MR) is 164 cm³/mol. The van der Waals surface area contributed by atoms with Crippen LogP contribution in [-0.4, -0.2) is 66.2 Å². The molecule has 1 fully saturated rings. The van der Waals surface area contributed by atoms with Gasteiger partial charge >= 0.3 is 5.97 Å². The lowest BCUT2D eigenvalue weighted by atomic mass is 10.0. The highest BCUT2D eigenvalue weighted by molar-refractivity contribution is 6.06. The van der Waals surface area contributed by atoms with E-state index in [0.717, 1.165) is 22.1 Å². The van der Waals surface area contributed by atoms with Gasteiger partial charge in [0.15, 0.2) is 0 Å². The number of carbonyl (C=O) groups is 2. The molecule has 218 valence electrons. The second-order valence-corrected chi connectivity index (χ2v) is 10.2. The van der Waals surface area contributed by atoms with Crippen molar-refractivity contribution in [2.24, 2.45) is 0 Å². The van der Waals surface area contributed by atoms with Gasteiger partial charge in [0.2, 0.25) is 0 Å². The molecular formula is C34H31FN4O4. The lowest BCUT2D eigenvalue weighted by Crippen LogP contribution is -2.49. The lowest BCUT2D eigenvalue weighted by molar-refractivity contribution is 0.0602. The van der Waals surface area contributed by atoms with Crippen LogP contribution in [0.4, 0.5) is 10.1 Å². The number of hydrogen-bond acceptors (Lipinski definition) is 6. The van der Waals surface area contributed by atoms with Crippen molar-refractivity contribution in [2.45, 2.75) is 6.92 Å². The summed E-state index contributed by atoms with van der Waals surface area (Å²) in [6.45, 7) is 4.59. The Morgan fingerprint density at radius 3 is 2.40 bits per heavy atom. The van der Waals surface area contributed by atoms with Crippen molar-refractivity contribution in [1.82, 2.24) is 14.5 Å². The molecule has 0 N–H and O–H groups in total. The summed E-state index contributed by atoms with van der Waals surface area (Å²) in [5, 5.41) is 1.79. The van der Waals surface area contributed by atoms with E-state index in [1.807, 2.05) is 66.1 Å². The number of carbonyl (C=O) groups excluding carboxylic acids is 2. The Bertz CT molecular complexity index is 1790. The number of rotatable bonds is 7. The molecule has 4 aromatic carbocycles. The number of amides is 1. The molecule has 0 saturated carbocycles. The first-order valence-corrected chi connectivity index (χ1v) is 14.2. The van der Waals surface area contributed by atoms with Crippen LogP contribution in [-0.2, 0) is 4.74 Å². The highest BCUT2D eigenvalue weighted by Crippen LogP contribution is 2.29. The molecule has 8 nitrogen and oxygen atoms in total. The average Bonchev–Trinajstić information content (AvgIpc) is 3.50. The molecule has 1 amide bonds. The maximum absolute atomic E-state index is 13.7. The topological polar surface area (TPSA) is 76.9 Å². The Balaban J connectivity index is 1.26. The number of piperazine rings is 1. The summed E-state index contributed by atoms with van der Waals surface area (Å²) < 4.78 is 26.3. The average molecular weight is 579 g/mol. The molecule has 1 aromatic heterocycles. The number of esters is 1. The molecular weight excluding hydrogens is 547 g/mol. The van der Waals surface area contributed by atoms with Crippen molar-refractivity contribution < 1.29 is 23.5 Å². The van der Waals surface area contributed by atoms with Crippen molar-refractivity contribution in [3.63, 3.8) is 0 Å². The molecule has 2 heterocycles. The van der Waals surface area contributed by atoms with Gasteiger partial charge in [0, 0.05) is 49.7 Å². The molecule has 1 aliphatic rings. The molecule has 43 heavy (non-hydrogen) atoms. The Hall–Kier alpha value is -5.18. The van der Waals surface area contributed by atoms with Gasteiger partial charge in [-0.05, 0) is 66.2 Å². The summed E-state index contributed by atoms with van der Waals surface area (Å²) in [4.78, 5) is 35.0. The maximum atomic E-state index is 13.7. The zero-order valence-corrected chi connectivity index (χ0v) is 24.0. The fraction of sp³-hybridized carbons (Fsp3) is 0.206. The minimum atomic E-state index is -0.383. The number of fused-ring (bicyclic) bond motifs is 1. The van der Waals surface area contributed by atoms with Crippen LogP contribution in [0.5, 0.6) is 5.75 Å². The van der Waals surface area contributed by atoms with Crippen molar-refractivity contribution in [2.75, 3.05) is 44.8 Å². The molecule has 0 atom stereocenters. The summed E-state index contributed by atoms with van der Waals surface area (Å²) in [6.07, 6.45) is 1.73. The number of imidazole rings is 1. The summed E-state index contributed by atoms with van der Waals surface area (Å²) in [5.74, 6) is 0.316. The standard InChI is InChI=1S/C34H31FN4O4/c1-3-43-28-9-6-8-26(20-28)39-22-31(36-32(39)23-11-13-25(35)14-12-23)33(40)38-17-15-37(16-18-38)27-19-24-7-4-5-10-29(24)30(21-27)34(41)42-2/h4-14,19-22H,3,15-18H2,1-2H3. The van der Waals surface area contributed by atoms with Gasteiger partial charge in [-0.25, -0.2) is 14.2 Å². The van der Waals surface area contributed by atoms with E-state index in [9.17, 15) is 14.0 Å². The second kappa shape index (κ2) is 12.0. The quantitative estimate of drug-likeness (QED) is 0.221. The predicted octanol–water partition coefficient (Wildman–Crippen LogP) is 5.98. The zero-order valence-electron chi connectivity index (χ0n) is 24.0. The van der Waals surface area contributed by atoms with Gasteiger partial charge in [0.05, 0.1) is 25.0 Å². The number of methoxy groups -OCH3 is 1. The number of halogens is 1. The van der Waals surface area contributed by atoms with Gasteiger partial charge in [-0.2, -0.15) is 0 Å². The van der Waals surface area contributed by atoms with E-state index in [1.165, 1.54) is 19.2 Å². The van der Waals surface area contributed by atoms with Crippen LogP contribution in [0.25, 0.3) is 27.8 Å². The summed E-state index contributed by atoms with van der Waals surface area (Å²) in [7, 11) is 1.38. The lowest BCUT2D eigenvalue weighted by Gasteiger charge is -2.36. The molecule has 1 saturated heterocycles. The Morgan fingerprint density at radius 2 is 1.65 bits per heavy atom. The van der Waals surface area contributed by atoms with Gasteiger partial charge in [0.1, 0.15) is 23.1 Å². The highest BCUT2D eigenvalue weighted by atomic mass is 19.1.